The van der Waals surface area contributed by atoms with Gasteiger partial charge >= 0.3 is 0 Å². The minimum Gasteiger partial charge on any atom is -0.492 e. The fraction of sp³-hybridized carbons (Fsp3) is 0.381. The molecular weight excluding hydrogens is 328 g/mol. The molecule has 1 heterocycles. The number of hydrogen-bond donors (Lipinski definition) is 0. The van der Waals surface area contributed by atoms with Crippen molar-refractivity contribution in [3.63, 3.8) is 0 Å². The quantitative estimate of drug-likeness (QED) is 0.766. The van der Waals surface area contributed by atoms with Gasteiger partial charge in [0.2, 0.25) is 0 Å². The van der Waals surface area contributed by atoms with E-state index in [4.69, 9.17) is 9.47 Å². The van der Waals surface area contributed by atoms with E-state index in [1.807, 2.05) is 53.4 Å². The summed E-state index contributed by atoms with van der Waals surface area (Å²) in [6.07, 6.45) is 0. The predicted molar refractivity (Wildman–Crippen MR) is 102 cm³/mol. The first-order chi connectivity index (χ1) is 12.7. The number of piperazine rings is 1. The highest BCUT2D eigenvalue weighted by Gasteiger charge is 2.21. The third-order valence-electron chi connectivity index (χ3n) is 4.50. The number of rotatable bonds is 7. The lowest BCUT2D eigenvalue weighted by molar-refractivity contribution is -0.135. The summed E-state index contributed by atoms with van der Waals surface area (Å²) in [6.45, 7) is 6.90. The van der Waals surface area contributed by atoms with Crippen LogP contribution in [0.25, 0.3) is 0 Å². The first-order valence-electron chi connectivity index (χ1n) is 9.08. The molecule has 2 aromatic carbocycles. The Morgan fingerprint density at radius 2 is 1.65 bits per heavy atom. The molecule has 5 nitrogen and oxygen atoms in total. The van der Waals surface area contributed by atoms with Crippen LogP contribution in [0, 0.1) is 6.92 Å². The molecule has 3 rings (SSSR count). The highest BCUT2D eigenvalue weighted by Crippen LogP contribution is 2.13. The van der Waals surface area contributed by atoms with Crippen LogP contribution in [-0.4, -0.2) is 61.6 Å². The second kappa shape index (κ2) is 9.25. The molecule has 0 bridgehead atoms. The molecule has 0 radical (unpaired) electrons. The van der Waals surface area contributed by atoms with Gasteiger partial charge in [-0.25, -0.2) is 0 Å². The van der Waals surface area contributed by atoms with Crippen LogP contribution in [0.15, 0.2) is 54.6 Å². The Hall–Kier alpha value is -2.53. The van der Waals surface area contributed by atoms with Gasteiger partial charge in [-0.1, -0.05) is 30.3 Å². The Morgan fingerprint density at radius 1 is 0.923 bits per heavy atom. The second-order valence-corrected chi connectivity index (χ2v) is 6.49. The molecule has 0 aliphatic carbocycles. The van der Waals surface area contributed by atoms with E-state index in [9.17, 15) is 4.79 Å². The van der Waals surface area contributed by atoms with Crippen LogP contribution in [0.3, 0.4) is 0 Å². The molecule has 26 heavy (non-hydrogen) atoms. The van der Waals surface area contributed by atoms with Crippen molar-refractivity contribution in [1.82, 2.24) is 9.80 Å². The monoisotopic (exact) mass is 354 g/mol. The summed E-state index contributed by atoms with van der Waals surface area (Å²) in [5, 5.41) is 0. The van der Waals surface area contributed by atoms with E-state index >= 15 is 0 Å². The van der Waals surface area contributed by atoms with Gasteiger partial charge in [0, 0.05) is 32.7 Å². The number of ether oxygens (including phenoxy) is 2. The van der Waals surface area contributed by atoms with Crippen molar-refractivity contribution in [2.24, 2.45) is 0 Å². The Bertz CT molecular complexity index is 697. The van der Waals surface area contributed by atoms with Gasteiger partial charge in [-0.3, -0.25) is 9.69 Å². The number of amides is 1. The summed E-state index contributed by atoms with van der Waals surface area (Å²) in [5.74, 6) is 1.69. The molecule has 138 valence electrons. The summed E-state index contributed by atoms with van der Waals surface area (Å²) in [4.78, 5) is 16.5. The maximum Gasteiger partial charge on any atom is 0.260 e. The summed E-state index contributed by atoms with van der Waals surface area (Å²) < 4.78 is 11.4. The van der Waals surface area contributed by atoms with Crippen LogP contribution in [0.5, 0.6) is 11.5 Å². The molecule has 0 unspecified atom stereocenters. The molecule has 5 heteroatoms. The van der Waals surface area contributed by atoms with Crippen LogP contribution in [0.1, 0.15) is 5.56 Å². The van der Waals surface area contributed by atoms with Gasteiger partial charge in [0.1, 0.15) is 18.1 Å². The molecule has 1 amide bonds. The van der Waals surface area contributed by atoms with Gasteiger partial charge in [-0.2, -0.15) is 0 Å². The average molecular weight is 354 g/mol. The Morgan fingerprint density at radius 3 is 2.38 bits per heavy atom. The van der Waals surface area contributed by atoms with Crippen LogP contribution >= 0.6 is 0 Å². The molecule has 0 saturated carbocycles. The summed E-state index contributed by atoms with van der Waals surface area (Å²) in [5.41, 5.74) is 1.20. The first kappa shape index (κ1) is 18.3. The van der Waals surface area contributed by atoms with Crippen LogP contribution in [0.4, 0.5) is 0 Å². The molecule has 0 spiro atoms. The minimum absolute atomic E-state index is 0.0458. The molecule has 2 aromatic rings. The topological polar surface area (TPSA) is 42.0 Å². The Labute approximate surface area is 155 Å². The smallest absolute Gasteiger partial charge is 0.260 e. The molecule has 0 atom stereocenters. The number of carbonyl (C=O) groups is 1. The maximum absolute atomic E-state index is 12.3. The zero-order valence-corrected chi connectivity index (χ0v) is 15.3. The number of para-hydroxylation sites is 1. The van der Waals surface area contributed by atoms with Crippen molar-refractivity contribution in [2.75, 3.05) is 45.9 Å². The van der Waals surface area contributed by atoms with Gasteiger partial charge in [-0.15, -0.1) is 0 Å². The number of hydrogen-bond acceptors (Lipinski definition) is 4. The van der Waals surface area contributed by atoms with Crippen molar-refractivity contribution in [3.8, 4) is 11.5 Å². The SMILES string of the molecule is Cc1cccc(OCCN2CCN(C(=O)COc3ccccc3)CC2)c1. The van der Waals surface area contributed by atoms with E-state index in [1.54, 1.807) is 0 Å². The van der Waals surface area contributed by atoms with E-state index in [0.717, 1.165) is 44.2 Å². The third kappa shape index (κ3) is 5.49. The summed E-state index contributed by atoms with van der Waals surface area (Å²) >= 11 is 0. The molecule has 1 aliphatic heterocycles. The molecule has 1 fully saturated rings. The second-order valence-electron chi connectivity index (χ2n) is 6.49. The van der Waals surface area contributed by atoms with E-state index in [1.165, 1.54) is 5.56 Å². The Balaban J connectivity index is 1.34. The normalized spacial score (nSPS) is 14.9. The van der Waals surface area contributed by atoms with Crippen molar-refractivity contribution >= 4 is 5.91 Å². The number of nitrogens with zero attached hydrogens (tertiary/aromatic N) is 2. The zero-order valence-electron chi connectivity index (χ0n) is 15.3. The van der Waals surface area contributed by atoms with Crippen molar-refractivity contribution in [1.29, 1.82) is 0 Å². The lowest BCUT2D eigenvalue weighted by Crippen LogP contribution is -2.50. The van der Waals surface area contributed by atoms with Crippen LogP contribution in [0.2, 0.25) is 0 Å². The van der Waals surface area contributed by atoms with Crippen molar-refractivity contribution in [3.05, 3.63) is 60.2 Å². The standard InChI is InChI=1S/C21H26N2O3/c1-18-6-5-9-20(16-18)25-15-14-22-10-12-23(13-11-22)21(24)17-26-19-7-3-2-4-8-19/h2-9,16H,10-15,17H2,1H3. The summed E-state index contributed by atoms with van der Waals surface area (Å²) in [6, 6.07) is 17.5. The maximum atomic E-state index is 12.3. The number of aryl methyl sites for hydroxylation is 1. The highest BCUT2D eigenvalue weighted by atomic mass is 16.5. The largest absolute Gasteiger partial charge is 0.492 e. The van der Waals surface area contributed by atoms with E-state index in [2.05, 4.69) is 17.9 Å². The van der Waals surface area contributed by atoms with E-state index < -0.39 is 0 Å². The van der Waals surface area contributed by atoms with Gasteiger partial charge in [0.25, 0.3) is 5.91 Å². The average Bonchev–Trinajstić information content (AvgIpc) is 2.67. The predicted octanol–water partition coefficient (Wildman–Crippen LogP) is 2.60. The minimum atomic E-state index is 0.0458. The van der Waals surface area contributed by atoms with Crippen molar-refractivity contribution in [2.45, 2.75) is 6.92 Å². The molecule has 0 N–H and O–H groups in total. The lowest BCUT2D eigenvalue weighted by Gasteiger charge is -2.34. The lowest BCUT2D eigenvalue weighted by atomic mass is 10.2. The first-order valence-corrected chi connectivity index (χ1v) is 9.08. The van der Waals surface area contributed by atoms with Gasteiger partial charge in [0.15, 0.2) is 6.61 Å². The van der Waals surface area contributed by atoms with Crippen molar-refractivity contribution < 1.29 is 14.3 Å². The van der Waals surface area contributed by atoms with Gasteiger partial charge < -0.3 is 14.4 Å². The zero-order chi connectivity index (χ0) is 18.2. The number of benzene rings is 2. The fourth-order valence-electron chi connectivity index (χ4n) is 2.97. The third-order valence-corrected chi connectivity index (χ3v) is 4.50. The number of carbonyl (C=O) groups excluding carboxylic acids is 1. The Kier molecular flexibility index (Phi) is 6.50. The fourth-order valence-corrected chi connectivity index (χ4v) is 2.97. The molecule has 1 saturated heterocycles. The van der Waals surface area contributed by atoms with Gasteiger partial charge in [-0.05, 0) is 36.8 Å². The molecular formula is C21H26N2O3. The highest BCUT2D eigenvalue weighted by molar-refractivity contribution is 5.77. The van der Waals surface area contributed by atoms with E-state index in [-0.39, 0.29) is 12.5 Å². The van der Waals surface area contributed by atoms with E-state index in [0.29, 0.717) is 6.61 Å². The summed E-state index contributed by atoms with van der Waals surface area (Å²) in [7, 11) is 0. The van der Waals surface area contributed by atoms with Gasteiger partial charge in [0.05, 0.1) is 0 Å². The molecule has 1 aliphatic rings. The molecule has 0 aromatic heterocycles. The van der Waals surface area contributed by atoms with Crippen LogP contribution < -0.4 is 9.47 Å². The van der Waals surface area contributed by atoms with Crippen LogP contribution in [-0.2, 0) is 4.79 Å².